The summed E-state index contributed by atoms with van der Waals surface area (Å²) in [6.45, 7) is 2.04. The molecule has 0 unspecified atom stereocenters. The van der Waals surface area contributed by atoms with E-state index in [1.54, 1.807) is 36.4 Å². The average molecular weight is 324 g/mol. The molecule has 0 amide bonds. The maximum Gasteiger partial charge on any atom is 0.236 e. The number of benzene rings is 3. The molecule has 0 saturated heterocycles. The van der Waals surface area contributed by atoms with E-state index in [-0.39, 0.29) is 11.6 Å². The van der Waals surface area contributed by atoms with Crippen LogP contribution in [0.3, 0.4) is 0 Å². The Hall–Kier alpha value is -3.44. The Bertz CT molecular complexity index is 955. The Kier molecular flexibility index (Phi) is 4.87. The van der Waals surface area contributed by atoms with Crippen LogP contribution >= 0.6 is 0 Å². The molecule has 0 saturated carbocycles. The first kappa shape index (κ1) is 16.4. The summed E-state index contributed by atoms with van der Waals surface area (Å²) in [6.07, 6.45) is 0. The standard InChI is InChI=1S/C23H16O2/c1-17-7-9-18(10-8-17)19-11-13-21(14-12-19)23(25)16-15-22(24)20-5-3-2-4-6-20/h2-14H,1H3. The zero-order valence-corrected chi connectivity index (χ0v) is 13.8. The predicted molar refractivity (Wildman–Crippen MR) is 99.5 cm³/mol. The third kappa shape index (κ3) is 4.10. The van der Waals surface area contributed by atoms with Crippen molar-refractivity contribution in [3.8, 4) is 23.0 Å². The number of Topliss-reactive ketones (excluding diaryl/α,β-unsaturated/α-hetero) is 2. The quantitative estimate of drug-likeness (QED) is 0.396. The summed E-state index contributed by atoms with van der Waals surface area (Å²) >= 11 is 0. The van der Waals surface area contributed by atoms with Crippen LogP contribution in [0.15, 0.2) is 78.9 Å². The van der Waals surface area contributed by atoms with Crippen LogP contribution in [0.2, 0.25) is 0 Å². The van der Waals surface area contributed by atoms with Gasteiger partial charge >= 0.3 is 0 Å². The minimum atomic E-state index is -0.361. The van der Waals surface area contributed by atoms with Crippen molar-refractivity contribution in [3.63, 3.8) is 0 Å². The molecule has 0 aliphatic heterocycles. The van der Waals surface area contributed by atoms with Gasteiger partial charge in [-0.15, -0.1) is 0 Å². The van der Waals surface area contributed by atoms with Gasteiger partial charge in [-0.25, -0.2) is 0 Å². The molecule has 25 heavy (non-hydrogen) atoms. The highest BCUT2D eigenvalue weighted by Crippen LogP contribution is 2.20. The minimum absolute atomic E-state index is 0.356. The molecule has 0 aliphatic carbocycles. The van der Waals surface area contributed by atoms with Crippen LogP contribution in [-0.4, -0.2) is 11.6 Å². The fourth-order valence-corrected chi connectivity index (χ4v) is 2.41. The van der Waals surface area contributed by atoms with Crippen LogP contribution in [-0.2, 0) is 0 Å². The van der Waals surface area contributed by atoms with Crippen LogP contribution in [0.25, 0.3) is 11.1 Å². The molecule has 0 N–H and O–H groups in total. The summed E-state index contributed by atoms with van der Waals surface area (Å²) in [7, 11) is 0. The van der Waals surface area contributed by atoms with Gasteiger partial charge in [0.15, 0.2) is 0 Å². The topological polar surface area (TPSA) is 34.1 Å². The van der Waals surface area contributed by atoms with Crippen molar-refractivity contribution in [2.45, 2.75) is 6.92 Å². The van der Waals surface area contributed by atoms with Gasteiger partial charge in [-0.05, 0) is 42.0 Å². The maximum absolute atomic E-state index is 12.1. The molecule has 0 atom stereocenters. The van der Waals surface area contributed by atoms with E-state index in [4.69, 9.17) is 0 Å². The Morgan fingerprint density at radius 2 is 1.04 bits per heavy atom. The van der Waals surface area contributed by atoms with Crippen molar-refractivity contribution in [2.24, 2.45) is 0 Å². The smallest absolute Gasteiger partial charge is 0.236 e. The van der Waals surface area contributed by atoms with Crippen LogP contribution < -0.4 is 0 Å². The normalized spacial score (nSPS) is 9.80. The van der Waals surface area contributed by atoms with Crippen LogP contribution in [0.1, 0.15) is 26.3 Å². The highest BCUT2D eigenvalue weighted by atomic mass is 16.1. The molecular weight excluding hydrogens is 308 g/mol. The van der Waals surface area contributed by atoms with Crippen molar-refractivity contribution in [1.29, 1.82) is 0 Å². The summed E-state index contributed by atoms with van der Waals surface area (Å²) in [6, 6.07) is 24.1. The SMILES string of the molecule is Cc1ccc(-c2ccc(C(=O)C#CC(=O)c3ccccc3)cc2)cc1. The molecule has 120 valence electrons. The molecule has 0 heterocycles. The monoisotopic (exact) mass is 324 g/mol. The number of ketones is 2. The zero-order chi connectivity index (χ0) is 17.6. The van der Waals surface area contributed by atoms with Gasteiger partial charge in [0, 0.05) is 11.1 Å². The molecule has 0 aromatic heterocycles. The van der Waals surface area contributed by atoms with E-state index in [1.807, 2.05) is 37.3 Å². The molecule has 0 spiro atoms. The molecule has 0 bridgehead atoms. The fourth-order valence-electron chi connectivity index (χ4n) is 2.41. The second kappa shape index (κ2) is 7.42. The highest BCUT2D eigenvalue weighted by molar-refractivity contribution is 6.16. The Balaban J connectivity index is 1.74. The largest absolute Gasteiger partial charge is 0.279 e. The van der Waals surface area contributed by atoms with E-state index < -0.39 is 0 Å². The van der Waals surface area contributed by atoms with Crippen molar-refractivity contribution in [3.05, 3.63) is 95.6 Å². The highest BCUT2D eigenvalue weighted by Gasteiger charge is 2.05. The summed E-state index contributed by atoms with van der Waals surface area (Å²) in [4.78, 5) is 24.1. The predicted octanol–water partition coefficient (Wildman–Crippen LogP) is 4.73. The first-order valence-electron chi connectivity index (χ1n) is 7.96. The minimum Gasteiger partial charge on any atom is -0.279 e. The third-order valence-electron chi connectivity index (χ3n) is 3.86. The third-order valence-corrected chi connectivity index (χ3v) is 3.86. The average Bonchev–Trinajstić information content (AvgIpc) is 2.67. The fraction of sp³-hybridized carbons (Fsp3) is 0.0435. The molecule has 3 aromatic carbocycles. The molecule has 3 aromatic rings. The van der Waals surface area contributed by atoms with Gasteiger partial charge in [-0.2, -0.15) is 0 Å². The maximum atomic E-state index is 12.1. The second-order valence-corrected chi connectivity index (χ2v) is 5.72. The van der Waals surface area contributed by atoms with Gasteiger partial charge in [-0.3, -0.25) is 9.59 Å². The van der Waals surface area contributed by atoms with Crippen LogP contribution in [0, 0.1) is 18.8 Å². The number of rotatable bonds is 3. The van der Waals surface area contributed by atoms with Gasteiger partial charge < -0.3 is 0 Å². The first-order chi connectivity index (χ1) is 12.1. The van der Waals surface area contributed by atoms with Crippen molar-refractivity contribution >= 4 is 11.6 Å². The number of aryl methyl sites for hydroxylation is 1. The summed E-state index contributed by atoms with van der Waals surface area (Å²) in [5.41, 5.74) is 4.29. The Morgan fingerprint density at radius 1 is 0.600 bits per heavy atom. The molecule has 3 rings (SSSR count). The van der Waals surface area contributed by atoms with E-state index in [1.165, 1.54) is 5.56 Å². The first-order valence-corrected chi connectivity index (χ1v) is 7.96. The van der Waals surface area contributed by atoms with Gasteiger partial charge in [0.25, 0.3) is 0 Å². The van der Waals surface area contributed by atoms with E-state index >= 15 is 0 Å². The lowest BCUT2D eigenvalue weighted by Gasteiger charge is -2.03. The van der Waals surface area contributed by atoms with Gasteiger partial charge in [0.1, 0.15) is 0 Å². The van der Waals surface area contributed by atoms with Crippen molar-refractivity contribution in [1.82, 2.24) is 0 Å². The van der Waals surface area contributed by atoms with E-state index in [0.717, 1.165) is 11.1 Å². The van der Waals surface area contributed by atoms with E-state index in [9.17, 15) is 9.59 Å². The molecule has 0 fully saturated rings. The number of carbonyl (C=O) groups is 2. The lowest BCUT2D eigenvalue weighted by Crippen LogP contribution is -1.98. The van der Waals surface area contributed by atoms with Gasteiger partial charge in [0.2, 0.25) is 11.6 Å². The molecular formula is C23H16O2. The van der Waals surface area contributed by atoms with Crippen molar-refractivity contribution in [2.75, 3.05) is 0 Å². The lowest BCUT2D eigenvalue weighted by molar-refractivity contribution is 0.103. The number of hydrogen-bond donors (Lipinski definition) is 0. The second-order valence-electron chi connectivity index (χ2n) is 5.72. The zero-order valence-electron chi connectivity index (χ0n) is 13.8. The van der Waals surface area contributed by atoms with Crippen molar-refractivity contribution < 1.29 is 9.59 Å². The number of hydrogen-bond acceptors (Lipinski definition) is 2. The van der Waals surface area contributed by atoms with E-state index in [0.29, 0.717) is 11.1 Å². The molecule has 0 radical (unpaired) electrons. The lowest BCUT2D eigenvalue weighted by atomic mass is 10.0. The number of carbonyl (C=O) groups excluding carboxylic acids is 2. The molecule has 0 aliphatic rings. The van der Waals surface area contributed by atoms with Crippen LogP contribution in [0.5, 0.6) is 0 Å². The Labute approximate surface area is 147 Å². The van der Waals surface area contributed by atoms with E-state index in [2.05, 4.69) is 24.0 Å². The van der Waals surface area contributed by atoms with Gasteiger partial charge in [0.05, 0.1) is 0 Å². The molecule has 2 nitrogen and oxygen atoms in total. The van der Waals surface area contributed by atoms with Crippen LogP contribution in [0.4, 0.5) is 0 Å². The summed E-state index contributed by atoms with van der Waals surface area (Å²) in [5.74, 6) is 4.12. The molecule has 2 heteroatoms. The Morgan fingerprint density at radius 3 is 1.56 bits per heavy atom. The summed E-state index contributed by atoms with van der Waals surface area (Å²) in [5, 5.41) is 0. The summed E-state index contributed by atoms with van der Waals surface area (Å²) < 4.78 is 0. The van der Waals surface area contributed by atoms with Gasteiger partial charge in [-0.1, -0.05) is 72.3 Å².